The van der Waals surface area contributed by atoms with Crippen LogP contribution in [0.3, 0.4) is 0 Å². The third-order valence-corrected chi connectivity index (χ3v) is 3.79. The summed E-state index contributed by atoms with van der Waals surface area (Å²) in [4.78, 5) is 12.0. The minimum absolute atomic E-state index is 0.156. The van der Waals surface area contributed by atoms with Crippen molar-refractivity contribution in [3.8, 4) is 5.69 Å². The monoisotopic (exact) mass is 270 g/mol. The molecule has 0 unspecified atom stereocenters. The molecule has 1 aromatic heterocycles. The molecule has 0 radical (unpaired) electrons. The lowest BCUT2D eigenvalue weighted by atomic mass is 10.1. The van der Waals surface area contributed by atoms with Crippen molar-refractivity contribution in [1.29, 1.82) is 0 Å². The van der Waals surface area contributed by atoms with Crippen LogP contribution in [0.15, 0.2) is 36.5 Å². The molecule has 20 heavy (non-hydrogen) atoms. The molecule has 0 aliphatic heterocycles. The first-order valence-corrected chi connectivity index (χ1v) is 7.07. The summed E-state index contributed by atoms with van der Waals surface area (Å²) in [7, 11) is 0. The summed E-state index contributed by atoms with van der Waals surface area (Å²) in [5, 5.41) is 11.0. The Kier molecular flexibility index (Phi) is 3.76. The quantitative estimate of drug-likeness (QED) is 0.925. The smallest absolute Gasteiger partial charge is 0.223 e. The Morgan fingerprint density at radius 3 is 2.75 bits per heavy atom. The molecule has 1 amide bonds. The molecule has 0 bridgehead atoms. The van der Waals surface area contributed by atoms with E-state index in [4.69, 9.17) is 0 Å². The fourth-order valence-corrected chi connectivity index (χ4v) is 2.67. The van der Waals surface area contributed by atoms with Gasteiger partial charge in [-0.3, -0.25) is 4.79 Å². The lowest BCUT2D eigenvalue weighted by molar-refractivity contribution is -0.125. The minimum atomic E-state index is 0.156. The van der Waals surface area contributed by atoms with Crippen molar-refractivity contribution in [1.82, 2.24) is 20.3 Å². The van der Waals surface area contributed by atoms with E-state index in [1.165, 1.54) is 12.8 Å². The number of carbonyl (C=O) groups excluding carboxylic acids is 1. The summed E-state index contributed by atoms with van der Waals surface area (Å²) in [6, 6.07) is 9.81. The molecular weight excluding hydrogens is 252 g/mol. The van der Waals surface area contributed by atoms with E-state index in [1.54, 1.807) is 10.9 Å². The lowest BCUT2D eigenvalue weighted by Gasteiger charge is -2.11. The van der Waals surface area contributed by atoms with Gasteiger partial charge in [0, 0.05) is 5.92 Å². The second kappa shape index (κ2) is 5.86. The molecule has 2 aromatic rings. The normalized spacial score (nSPS) is 15.4. The van der Waals surface area contributed by atoms with Gasteiger partial charge in [0.2, 0.25) is 5.91 Å². The van der Waals surface area contributed by atoms with Crippen molar-refractivity contribution in [3.05, 3.63) is 42.2 Å². The molecule has 1 aromatic carbocycles. The Morgan fingerprint density at radius 2 is 2.00 bits per heavy atom. The predicted molar refractivity (Wildman–Crippen MR) is 75.2 cm³/mol. The summed E-state index contributed by atoms with van der Waals surface area (Å²) in [5.41, 5.74) is 1.85. The van der Waals surface area contributed by atoms with Crippen molar-refractivity contribution in [3.63, 3.8) is 0 Å². The summed E-state index contributed by atoms with van der Waals surface area (Å²) in [5.74, 6) is 0.347. The summed E-state index contributed by atoms with van der Waals surface area (Å²) in [6.45, 7) is 0.469. The van der Waals surface area contributed by atoms with Crippen LogP contribution < -0.4 is 5.32 Å². The minimum Gasteiger partial charge on any atom is -0.350 e. The Morgan fingerprint density at radius 1 is 1.25 bits per heavy atom. The maximum absolute atomic E-state index is 12.0. The van der Waals surface area contributed by atoms with Gasteiger partial charge in [-0.1, -0.05) is 36.3 Å². The number of para-hydroxylation sites is 1. The zero-order chi connectivity index (χ0) is 13.8. The van der Waals surface area contributed by atoms with E-state index in [-0.39, 0.29) is 11.8 Å². The Balaban J connectivity index is 1.66. The highest BCUT2D eigenvalue weighted by Gasteiger charge is 2.22. The van der Waals surface area contributed by atoms with E-state index in [0.29, 0.717) is 6.54 Å². The van der Waals surface area contributed by atoms with Gasteiger partial charge in [-0.15, -0.1) is 5.10 Å². The van der Waals surface area contributed by atoms with Crippen LogP contribution in [0.4, 0.5) is 0 Å². The molecule has 104 valence electrons. The van der Waals surface area contributed by atoms with Gasteiger partial charge in [-0.25, -0.2) is 4.68 Å². The van der Waals surface area contributed by atoms with Gasteiger partial charge in [-0.05, 0) is 25.0 Å². The second-order valence-corrected chi connectivity index (χ2v) is 5.17. The van der Waals surface area contributed by atoms with Gasteiger partial charge in [0.25, 0.3) is 0 Å². The van der Waals surface area contributed by atoms with Crippen LogP contribution in [0, 0.1) is 5.92 Å². The molecule has 5 heteroatoms. The standard InChI is InChI=1S/C15H18N4O/c20-15(12-6-4-5-7-12)16-10-14-11-17-18-19(14)13-8-2-1-3-9-13/h1-3,8-9,11-12H,4-7,10H2,(H,16,20). The van der Waals surface area contributed by atoms with E-state index < -0.39 is 0 Å². The van der Waals surface area contributed by atoms with Gasteiger partial charge in [0.05, 0.1) is 24.1 Å². The highest BCUT2D eigenvalue weighted by atomic mass is 16.1. The maximum Gasteiger partial charge on any atom is 0.223 e. The van der Waals surface area contributed by atoms with Crippen LogP contribution >= 0.6 is 0 Å². The highest BCUT2D eigenvalue weighted by molar-refractivity contribution is 5.78. The van der Waals surface area contributed by atoms with E-state index in [9.17, 15) is 4.79 Å². The van der Waals surface area contributed by atoms with Gasteiger partial charge < -0.3 is 5.32 Å². The third kappa shape index (κ3) is 2.71. The first kappa shape index (κ1) is 12.8. The molecule has 3 rings (SSSR count). The number of aromatic nitrogens is 3. The number of amides is 1. The number of benzene rings is 1. The SMILES string of the molecule is O=C(NCc1cnnn1-c1ccccc1)C1CCCC1. The maximum atomic E-state index is 12.0. The zero-order valence-electron chi connectivity index (χ0n) is 11.3. The van der Waals surface area contributed by atoms with Gasteiger partial charge in [0.1, 0.15) is 0 Å². The average Bonchev–Trinajstić information content (AvgIpc) is 3.17. The zero-order valence-corrected chi connectivity index (χ0v) is 11.3. The van der Waals surface area contributed by atoms with E-state index in [1.807, 2.05) is 30.3 Å². The molecular formula is C15H18N4O. The van der Waals surface area contributed by atoms with Crippen LogP contribution in [-0.4, -0.2) is 20.9 Å². The molecule has 0 saturated heterocycles. The largest absolute Gasteiger partial charge is 0.350 e. The van der Waals surface area contributed by atoms with Gasteiger partial charge in [-0.2, -0.15) is 0 Å². The molecule has 1 heterocycles. The second-order valence-electron chi connectivity index (χ2n) is 5.17. The Hall–Kier alpha value is -2.17. The van der Waals surface area contributed by atoms with Crippen LogP contribution in [-0.2, 0) is 11.3 Å². The number of carbonyl (C=O) groups is 1. The number of rotatable bonds is 4. The van der Waals surface area contributed by atoms with Crippen LogP contribution in [0.2, 0.25) is 0 Å². The number of hydrogen-bond acceptors (Lipinski definition) is 3. The molecule has 1 aliphatic rings. The lowest BCUT2D eigenvalue weighted by Crippen LogP contribution is -2.29. The Labute approximate surface area is 118 Å². The van der Waals surface area contributed by atoms with Crippen LogP contribution in [0.5, 0.6) is 0 Å². The fraction of sp³-hybridized carbons (Fsp3) is 0.400. The average molecular weight is 270 g/mol. The summed E-state index contributed by atoms with van der Waals surface area (Å²) >= 11 is 0. The van der Waals surface area contributed by atoms with Gasteiger partial charge in [0.15, 0.2) is 0 Å². The van der Waals surface area contributed by atoms with Crippen molar-refractivity contribution >= 4 is 5.91 Å². The number of nitrogens with zero attached hydrogens (tertiary/aromatic N) is 3. The van der Waals surface area contributed by atoms with Crippen LogP contribution in [0.25, 0.3) is 5.69 Å². The third-order valence-electron chi connectivity index (χ3n) is 3.79. The molecule has 0 spiro atoms. The van der Waals surface area contributed by atoms with Crippen LogP contribution in [0.1, 0.15) is 31.4 Å². The molecule has 1 aliphatic carbocycles. The number of hydrogen-bond donors (Lipinski definition) is 1. The molecule has 1 fully saturated rings. The van der Waals surface area contributed by atoms with Crippen molar-refractivity contribution in [2.24, 2.45) is 5.92 Å². The number of nitrogens with one attached hydrogen (secondary N) is 1. The molecule has 1 saturated carbocycles. The van der Waals surface area contributed by atoms with Gasteiger partial charge >= 0.3 is 0 Å². The first-order valence-electron chi connectivity index (χ1n) is 7.07. The predicted octanol–water partition coefficient (Wildman–Crippen LogP) is 2.07. The molecule has 1 N–H and O–H groups in total. The topological polar surface area (TPSA) is 59.8 Å². The van der Waals surface area contributed by atoms with E-state index in [0.717, 1.165) is 24.2 Å². The van der Waals surface area contributed by atoms with Crippen molar-refractivity contribution in [2.75, 3.05) is 0 Å². The molecule has 5 nitrogen and oxygen atoms in total. The Bertz CT molecular complexity index is 573. The van der Waals surface area contributed by atoms with E-state index >= 15 is 0 Å². The summed E-state index contributed by atoms with van der Waals surface area (Å²) < 4.78 is 1.76. The molecule has 0 atom stereocenters. The van der Waals surface area contributed by atoms with Crippen molar-refractivity contribution < 1.29 is 4.79 Å². The first-order chi connectivity index (χ1) is 9.84. The van der Waals surface area contributed by atoms with Crippen molar-refractivity contribution in [2.45, 2.75) is 32.2 Å². The highest BCUT2D eigenvalue weighted by Crippen LogP contribution is 2.24. The summed E-state index contributed by atoms with van der Waals surface area (Å²) in [6.07, 6.45) is 6.06. The fourth-order valence-electron chi connectivity index (χ4n) is 2.67. The van der Waals surface area contributed by atoms with E-state index in [2.05, 4.69) is 15.6 Å².